The number of aliphatic hydroxyl groups is 1. The number of aliphatic hydroxyl groups excluding tert-OH is 1. The Kier molecular flexibility index (Phi) is 7.99. The average molecular weight is 219 g/mol. The maximum absolute atomic E-state index is 11.2. The van der Waals surface area contributed by atoms with Crippen LogP contribution in [0.1, 0.15) is 19.8 Å². The molecule has 0 bridgehead atoms. The molecular weight excluding hydrogens is 198 g/mol. The normalized spacial score (nSPS) is 12.6. The average Bonchev–Trinajstić information content (AvgIpc) is 2.16. The number of hydrogen-bond acceptors (Lipinski definition) is 3. The number of carbonyl (C=O) groups excluding carboxylic acids is 1. The van der Waals surface area contributed by atoms with Crippen LogP contribution >= 0.6 is 11.8 Å². The second-order valence-electron chi connectivity index (χ2n) is 3.75. The van der Waals surface area contributed by atoms with Gasteiger partial charge in [0.15, 0.2) is 0 Å². The first-order valence-corrected chi connectivity index (χ1v) is 6.12. The highest BCUT2D eigenvalue weighted by Gasteiger charge is 2.04. The summed E-state index contributed by atoms with van der Waals surface area (Å²) in [4.78, 5) is 12.8. The molecule has 0 aliphatic carbocycles. The van der Waals surface area contributed by atoms with Gasteiger partial charge in [-0.05, 0) is 23.8 Å². The van der Waals surface area contributed by atoms with E-state index in [1.165, 1.54) is 0 Å². The first-order chi connectivity index (χ1) is 6.57. The lowest BCUT2D eigenvalue weighted by Crippen LogP contribution is -2.21. The molecule has 4 heteroatoms. The van der Waals surface area contributed by atoms with Crippen molar-refractivity contribution in [3.05, 3.63) is 0 Å². The van der Waals surface area contributed by atoms with Crippen molar-refractivity contribution < 1.29 is 9.90 Å². The highest BCUT2D eigenvalue weighted by atomic mass is 32.2. The zero-order valence-electron chi connectivity index (χ0n) is 9.32. The predicted molar refractivity (Wildman–Crippen MR) is 61.5 cm³/mol. The third-order valence-corrected chi connectivity index (χ3v) is 3.27. The van der Waals surface area contributed by atoms with Crippen LogP contribution in [0.25, 0.3) is 0 Å². The lowest BCUT2D eigenvalue weighted by molar-refractivity contribution is -0.128. The Morgan fingerprint density at radius 1 is 1.50 bits per heavy atom. The van der Waals surface area contributed by atoms with Crippen molar-refractivity contribution in [3.63, 3.8) is 0 Å². The summed E-state index contributed by atoms with van der Waals surface area (Å²) < 4.78 is 0. The Bertz CT molecular complexity index is 162. The van der Waals surface area contributed by atoms with E-state index < -0.39 is 0 Å². The summed E-state index contributed by atoms with van der Waals surface area (Å²) >= 11 is 1.81. The van der Waals surface area contributed by atoms with E-state index in [2.05, 4.69) is 0 Å². The molecule has 0 fully saturated rings. The molecule has 0 aromatic carbocycles. The van der Waals surface area contributed by atoms with Crippen LogP contribution in [0.4, 0.5) is 0 Å². The topological polar surface area (TPSA) is 40.5 Å². The largest absolute Gasteiger partial charge is 0.396 e. The van der Waals surface area contributed by atoms with E-state index in [1.807, 2.05) is 18.7 Å². The van der Waals surface area contributed by atoms with Gasteiger partial charge in [-0.3, -0.25) is 4.79 Å². The van der Waals surface area contributed by atoms with E-state index in [9.17, 15) is 4.79 Å². The SMILES string of the molecule is CC(CO)CSCCCC(=O)N(C)C. The molecule has 0 saturated carbocycles. The van der Waals surface area contributed by atoms with Crippen molar-refractivity contribution in [2.75, 3.05) is 32.2 Å². The second-order valence-corrected chi connectivity index (χ2v) is 4.90. The van der Waals surface area contributed by atoms with Gasteiger partial charge >= 0.3 is 0 Å². The molecule has 0 spiro atoms. The molecule has 1 unspecified atom stereocenters. The Morgan fingerprint density at radius 2 is 2.14 bits per heavy atom. The summed E-state index contributed by atoms with van der Waals surface area (Å²) in [6.07, 6.45) is 1.56. The van der Waals surface area contributed by atoms with Crippen LogP contribution in [-0.4, -0.2) is 48.1 Å². The summed E-state index contributed by atoms with van der Waals surface area (Å²) in [7, 11) is 3.56. The van der Waals surface area contributed by atoms with E-state index in [-0.39, 0.29) is 12.5 Å². The van der Waals surface area contributed by atoms with Gasteiger partial charge in [0.2, 0.25) is 5.91 Å². The molecule has 0 aromatic heterocycles. The van der Waals surface area contributed by atoms with Gasteiger partial charge in [0, 0.05) is 27.1 Å². The number of amides is 1. The van der Waals surface area contributed by atoms with Crippen molar-refractivity contribution >= 4 is 17.7 Å². The number of rotatable bonds is 7. The molecule has 0 aromatic rings. The summed E-state index contributed by atoms with van der Waals surface area (Å²) in [6, 6.07) is 0. The van der Waals surface area contributed by atoms with Crippen molar-refractivity contribution in [1.82, 2.24) is 4.90 Å². The monoisotopic (exact) mass is 219 g/mol. The minimum Gasteiger partial charge on any atom is -0.396 e. The Hall–Kier alpha value is -0.220. The third-order valence-electron chi connectivity index (χ3n) is 1.89. The van der Waals surface area contributed by atoms with Gasteiger partial charge < -0.3 is 10.0 Å². The standard InChI is InChI=1S/C10H21NO2S/c1-9(7-12)8-14-6-4-5-10(13)11(2)3/h9,12H,4-8H2,1-3H3. The number of carbonyl (C=O) groups is 1. The van der Waals surface area contributed by atoms with Gasteiger partial charge in [-0.2, -0.15) is 11.8 Å². The molecular formula is C10H21NO2S. The molecule has 0 aliphatic rings. The molecule has 84 valence electrons. The van der Waals surface area contributed by atoms with Gasteiger partial charge in [-0.1, -0.05) is 6.92 Å². The van der Waals surface area contributed by atoms with Crippen molar-refractivity contribution in [3.8, 4) is 0 Å². The zero-order chi connectivity index (χ0) is 11.0. The van der Waals surface area contributed by atoms with Crippen LogP contribution in [0.2, 0.25) is 0 Å². The van der Waals surface area contributed by atoms with Gasteiger partial charge in [0.1, 0.15) is 0 Å². The highest BCUT2D eigenvalue weighted by molar-refractivity contribution is 7.99. The van der Waals surface area contributed by atoms with Crippen molar-refractivity contribution in [2.45, 2.75) is 19.8 Å². The summed E-state index contributed by atoms with van der Waals surface area (Å²) in [5, 5.41) is 8.78. The van der Waals surface area contributed by atoms with Crippen LogP contribution in [0.5, 0.6) is 0 Å². The quantitative estimate of drug-likeness (QED) is 0.654. The molecule has 0 rings (SSSR count). The Morgan fingerprint density at radius 3 is 2.64 bits per heavy atom. The van der Waals surface area contributed by atoms with Gasteiger partial charge in [0.25, 0.3) is 0 Å². The minimum absolute atomic E-state index is 0.195. The number of thioether (sulfide) groups is 1. The van der Waals surface area contributed by atoms with Crippen molar-refractivity contribution in [2.24, 2.45) is 5.92 Å². The molecule has 1 N–H and O–H groups in total. The second kappa shape index (κ2) is 8.12. The lowest BCUT2D eigenvalue weighted by Gasteiger charge is -2.10. The summed E-state index contributed by atoms with van der Waals surface area (Å²) in [6.45, 7) is 2.28. The fourth-order valence-corrected chi connectivity index (χ4v) is 1.91. The van der Waals surface area contributed by atoms with E-state index in [0.29, 0.717) is 12.3 Å². The lowest BCUT2D eigenvalue weighted by atomic mass is 10.2. The number of nitrogens with zero attached hydrogens (tertiary/aromatic N) is 1. The molecule has 0 aliphatic heterocycles. The zero-order valence-corrected chi connectivity index (χ0v) is 10.1. The maximum Gasteiger partial charge on any atom is 0.222 e. The summed E-state index contributed by atoms with van der Waals surface area (Å²) in [5.74, 6) is 2.54. The minimum atomic E-state index is 0.195. The first kappa shape index (κ1) is 13.8. The van der Waals surface area contributed by atoms with E-state index >= 15 is 0 Å². The number of hydrogen-bond donors (Lipinski definition) is 1. The van der Waals surface area contributed by atoms with Gasteiger partial charge in [0.05, 0.1) is 0 Å². The van der Waals surface area contributed by atoms with Crippen LogP contribution in [0.15, 0.2) is 0 Å². The van der Waals surface area contributed by atoms with Gasteiger partial charge in [-0.25, -0.2) is 0 Å². The molecule has 14 heavy (non-hydrogen) atoms. The third kappa shape index (κ3) is 7.21. The van der Waals surface area contributed by atoms with Gasteiger partial charge in [-0.15, -0.1) is 0 Å². The van der Waals surface area contributed by atoms with Crippen molar-refractivity contribution in [1.29, 1.82) is 0 Å². The maximum atomic E-state index is 11.2. The Balaban J connectivity index is 3.26. The van der Waals surface area contributed by atoms with E-state index in [4.69, 9.17) is 5.11 Å². The molecule has 0 radical (unpaired) electrons. The van der Waals surface area contributed by atoms with E-state index in [0.717, 1.165) is 17.9 Å². The first-order valence-electron chi connectivity index (χ1n) is 4.96. The summed E-state index contributed by atoms with van der Waals surface area (Å²) in [5.41, 5.74) is 0. The molecule has 0 heterocycles. The molecule has 3 nitrogen and oxygen atoms in total. The fourth-order valence-electron chi connectivity index (χ4n) is 0.886. The Labute approximate surface area is 90.9 Å². The smallest absolute Gasteiger partial charge is 0.222 e. The van der Waals surface area contributed by atoms with Crippen LogP contribution in [0.3, 0.4) is 0 Å². The highest BCUT2D eigenvalue weighted by Crippen LogP contribution is 2.10. The predicted octanol–water partition coefficient (Wildman–Crippen LogP) is 1.22. The molecule has 1 amide bonds. The van der Waals surface area contributed by atoms with Crippen LogP contribution in [0, 0.1) is 5.92 Å². The van der Waals surface area contributed by atoms with Crippen LogP contribution < -0.4 is 0 Å². The van der Waals surface area contributed by atoms with Crippen LogP contribution in [-0.2, 0) is 4.79 Å². The molecule has 1 atom stereocenters. The molecule has 0 saturated heterocycles. The van der Waals surface area contributed by atoms with E-state index in [1.54, 1.807) is 19.0 Å². The fraction of sp³-hybridized carbons (Fsp3) is 0.900.